The third-order valence-corrected chi connectivity index (χ3v) is 3.55. The first kappa shape index (κ1) is 16.3. The van der Waals surface area contributed by atoms with Crippen LogP contribution in [-0.4, -0.2) is 19.5 Å². The lowest BCUT2D eigenvalue weighted by atomic mass is 10.1. The first-order chi connectivity index (χ1) is 10.6. The lowest BCUT2D eigenvalue weighted by Crippen LogP contribution is -1.96. The molecule has 0 N–H and O–H groups in total. The first-order valence-electron chi connectivity index (χ1n) is 6.93. The van der Waals surface area contributed by atoms with Crippen molar-refractivity contribution >= 4 is 27.8 Å². The maximum Gasteiger partial charge on any atom is 0.185 e. The molecule has 0 aliphatic heterocycles. The Morgan fingerprint density at radius 1 is 1.18 bits per heavy atom. The molecule has 2 aromatic rings. The van der Waals surface area contributed by atoms with E-state index in [1.54, 1.807) is 43.5 Å². The second-order valence-electron chi connectivity index (χ2n) is 4.54. The molecular weight excluding hydrogens is 344 g/mol. The monoisotopic (exact) mass is 360 g/mol. The van der Waals surface area contributed by atoms with Crippen molar-refractivity contribution in [2.24, 2.45) is 0 Å². The number of rotatable bonds is 6. The van der Waals surface area contributed by atoms with Gasteiger partial charge in [0.2, 0.25) is 0 Å². The fourth-order valence-electron chi connectivity index (χ4n) is 1.98. The molecular formula is C18H17BrO3. The lowest BCUT2D eigenvalue weighted by Gasteiger charge is -2.05. The summed E-state index contributed by atoms with van der Waals surface area (Å²) in [5.74, 6) is 1.42. The summed E-state index contributed by atoms with van der Waals surface area (Å²) in [6.45, 7) is 2.53. The number of hydrogen-bond acceptors (Lipinski definition) is 3. The fourth-order valence-corrected chi connectivity index (χ4v) is 2.36. The van der Waals surface area contributed by atoms with Gasteiger partial charge in [-0.05, 0) is 61.5 Å². The number of allylic oxidation sites excluding steroid dienone is 1. The minimum atomic E-state index is -0.0647. The second-order valence-corrected chi connectivity index (χ2v) is 5.46. The summed E-state index contributed by atoms with van der Waals surface area (Å²) >= 11 is 3.41. The van der Waals surface area contributed by atoms with Gasteiger partial charge in [-0.1, -0.05) is 15.9 Å². The van der Waals surface area contributed by atoms with Crippen LogP contribution in [0.2, 0.25) is 0 Å². The predicted octanol–water partition coefficient (Wildman–Crippen LogP) is 4.75. The van der Waals surface area contributed by atoms with Gasteiger partial charge in [-0.2, -0.15) is 0 Å². The van der Waals surface area contributed by atoms with E-state index >= 15 is 0 Å². The normalized spacial score (nSPS) is 10.7. The molecule has 0 heterocycles. The quantitative estimate of drug-likeness (QED) is 0.550. The van der Waals surface area contributed by atoms with Crippen LogP contribution >= 0.6 is 15.9 Å². The van der Waals surface area contributed by atoms with Crippen LogP contribution in [0.3, 0.4) is 0 Å². The number of benzene rings is 2. The zero-order chi connectivity index (χ0) is 15.9. The van der Waals surface area contributed by atoms with Crippen molar-refractivity contribution in [1.29, 1.82) is 0 Å². The highest BCUT2D eigenvalue weighted by Crippen LogP contribution is 2.24. The Labute approximate surface area is 138 Å². The van der Waals surface area contributed by atoms with Crippen molar-refractivity contribution in [2.45, 2.75) is 6.92 Å². The smallest absolute Gasteiger partial charge is 0.185 e. The van der Waals surface area contributed by atoms with Crippen molar-refractivity contribution in [3.8, 4) is 11.5 Å². The minimum absolute atomic E-state index is 0.0647. The highest BCUT2D eigenvalue weighted by Gasteiger charge is 2.04. The van der Waals surface area contributed by atoms with Crippen molar-refractivity contribution < 1.29 is 14.3 Å². The maximum atomic E-state index is 12.2. The Kier molecular flexibility index (Phi) is 5.78. The maximum absolute atomic E-state index is 12.2. The molecule has 0 amide bonds. The molecule has 0 fully saturated rings. The van der Waals surface area contributed by atoms with Gasteiger partial charge in [0.1, 0.15) is 11.5 Å². The second kappa shape index (κ2) is 7.80. The zero-order valence-electron chi connectivity index (χ0n) is 12.5. The highest BCUT2D eigenvalue weighted by molar-refractivity contribution is 9.10. The van der Waals surface area contributed by atoms with Crippen LogP contribution in [0.5, 0.6) is 11.5 Å². The Morgan fingerprint density at radius 2 is 1.91 bits per heavy atom. The molecule has 0 aromatic heterocycles. The van der Waals surface area contributed by atoms with Crippen molar-refractivity contribution in [3.05, 3.63) is 64.1 Å². The fraction of sp³-hybridized carbons (Fsp3) is 0.167. The van der Waals surface area contributed by atoms with Gasteiger partial charge in [0.15, 0.2) is 5.78 Å². The first-order valence-corrected chi connectivity index (χ1v) is 7.72. The van der Waals surface area contributed by atoms with Gasteiger partial charge >= 0.3 is 0 Å². The molecule has 0 saturated heterocycles. The van der Waals surface area contributed by atoms with Crippen LogP contribution in [0.25, 0.3) is 6.08 Å². The molecule has 114 valence electrons. The Balaban J connectivity index is 2.15. The van der Waals surface area contributed by atoms with E-state index in [2.05, 4.69) is 15.9 Å². The molecule has 0 saturated carbocycles. The summed E-state index contributed by atoms with van der Waals surface area (Å²) in [5, 5.41) is 0. The van der Waals surface area contributed by atoms with Crippen LogP contribution in [0.15, 0.2) is 53.0 Å². The summed E-state index contributed by atoms with van der Waals surface area (Å²) in [7, 11) is 1.61. The van der Waals surface area contributed by atoms with Crippen LogP contribution in [0, 0.1) is 0 Å². The van der Waals surface area contributed by atoms with E-state index in [0.29, 0.717) is 12.2 Å². The van der Waals surface area contributed by atoms with Gasteiger partial charge in [0.05, 0.1) is 13.7 Å². The number of ether oxygens (including phenoxy) is 2. The largest absolute Gasteiger partial charge is 0.496 e. The van der Waals surface area contributed by atoms with Crippen LogP contribution in [0.4, 0.5) is 0 Å². The molecule has 0 radical (unpaired) electrons. The van der Waals surface area contributed by atoms with Crippen LogP contribution < -0.4 is 9.47 Å². The van der Waals surface area contributed by atoms with E-state index in [1.807, 2.05) is 25.1 Å². The SMILES string of the molecule is CCOc1ccc(C(=O)/C=C/c2cc(Br)ccc2OC)cc1. The van der Waals surface area contributed by atoms with E-state index in [1.165, 1.54) is 0 Å². The molecule has 0 bridgehead atoms. The van der Waals surface area contributed by atoms with Crippen molar-refractivity contribution in [2.75, 3.05) is 13.7 Å². The standard InChI is InChI=1S/C18H17BrO3/c1-3-22-16-8-4-13(5-9-16)17(20)10-6-14-12-15(19)7-11-18(14)21-2/h4-12H,3H2,1-2H3/b10-6+. The number of carbonyl (C=O) groups excluding carboxylic acids is 1. The Hall–Kier alpha value is -2.07. The number of methoxy groups -OCH3 is 1. The zero-order valence-corrected chi connectivity index (χ0v) is 14.1. The Morgan fingerprint density at radius 3 is 2.55 bits per heavy atom. The highest BCUT2D eigenvalue weighted by atomic mass is 79.9. The summed E-state index contributed by atoms with van der Waals surface area (Å²) in [6, 6.07) is 12.8. The van der Waals surface area contributed by atoms with Gasteiger partial charge in [0.25, 0.3) is 0 Å². The van der Waals surface area contributed by atoms with E-state index < -0.39 is 0 Å². The van der Waals surface area contributed by atoms with Gasteiger partial charge in [-0.15, -0.1) is 0 Å². The van der Waals surface area contributed by atoms with Crippen LogP contribution in [-0.2, 0) is 0 Å². The Bertz CT molecular complexity index is 675. The molecule has 0 aliphatic rings. The summed E-state index contributed by atoms with van der Waals surface area (Å²) in [6.07, 6.45) is 3.29. The number of hydrogen-bond donors (Lipinski definition) is 0. The topological polar surface area (TPSA) is 35.5 Å². The number of halogens is 1. The van der Waals surface area contributed by atoms with Gasteiger partial charge in [0, 0.05) is 15.6 Å². The molecule has 0 aliphatic carbocycles. The van der Waals surface area contributed by atoms with Crippen LogP contribution in [0.1, 0.15) is 22.8 Å². The van der Waals surface area contributed by atoms with Gasteiger partial charge in [-0.3, -0.25) is 4.79 Å². The minimum Gasteiger partial charge on any atom is -0.496 e. The van der Waals surface area contributed by atoms with Gasteiger partial charge < -0.3 is 9.47 Å². The van der Waals surface area contributed by atoms with E-state index in [9.17, 15) is 4.79 Å². The summed E-state index contributed by atoms with van der Waals surface area (Å²) < 4.78 is 11.6. The average molecular weight is 361 g/mol. The third-order valence-electron chi connectivity index (χ3n) is 3.06. The molecule has 2 aromatic carbocycles. The molecule has 0 atom stereocenters. The summed E-state index contributed by atoms with van der Waals surface area (Å²) in [5.41, 5.74) is 1.46. The third kappa shape index (κ3) is 4.21. The molecule has 22 heavy (non-hydrogen) atoms. The number of carbonyl (C=O) groups is 1. The lowest BCUT2D eigenvalue weighted by molar-refractivity contribution is 0.104. The average Bonchev–Trinajstić information content (AvgIpc) is 2.54. The number of ketones is 1. The van der Waals surface area contributed by atoms with E-state index in [-0.39, 0.29) is 5.78 Å². The van der Waals surface area contributed by atoms with E-state index in [4.69, 9.17) is 9.47 Å². The molecule has 3 nitrogen and oxygen atoms in total. The van der Waals surface area contributed by atoms with Gasteiger partial charge in [-0.25, -0.2) is 0 Å². The molecule has 0 unspecified atom stereocenters. The molecule has 0 spiro atoms. The van der Waals surface area contributed by atoms with Crippen molar-refractivity contribution in [1.82, 2.24) is 0 Å². The molecule has 4 heteroatoms. The van der Waals surface area contributed by atoms with E-state index in [0.717, 1.165) is 21.5 Å². The molecule has 2 rings (SSSR count). The summed E-state index contributed by atoms with van der Waals surface area (Å²) in [4.78, 5) is 12.2. The van der Waals surface area contributed by atoms with Crippen molar-refractivity contribution in [3.63, 3.8) is 0 Å². The predicted molar refractivity (Wildman–Crippen MR) is 91.7 cm³/mol.